The highest BCUT2D eigenvalue weighted by atomic mass is 16.5. The van der Waals surface area contributed by atoms with Crippen molar-refractivity contribution in [2.75, 3.05) is 43.5 Å². The Labute approximate surface area is 215 Å². The molecule has 0 aliphatic carbocycles. The molecule has 1 aromatic heterocycles. The summed E-state index contributed by atoms with van der Waals surface area (Å²) in [5, 5.41) is 10.6. The first-order valence-electron chi connectivity index (χ1n) is 12.2. The summed E-state index contributed by atoms with van der Waals surface area (Å²) in [6.45, 7) is 8.06. The van der Waals surface area contributed by atoms with Crippen LogP contribution in [-0.2, 0) is 14.3 Å². The number of carbonyl (C=O) groups excluding carboxylic acids is 2. The van der Waals surface area contributed by atoms with Crippen molar-refractivity contribution in [3.8, 4) is 5.75 Å². The summed E-state index contributed by atoms with van der Waals surface area (Å²) < 4.78 is 12.7. The van der Waals surface area contributed by atoms with E-state index in [1.54, 1.807) is 21.7 Å². The van der Waals surface area contributed by atoms with E-state index in [0.29, 0.717) is 49.3 Å². The number of aryl methyl sites for hydroxylation is 2. The van der Waals surface area contributed by atoms with Crippen LogP contribution >= 0.6 is 0 Å². The fraction of sp³-hybridized carbons (Fsp3) is 0.333. The first-order chi connectivity index (χ1) is 17.9. The lowest BCUT2D eigenvalue weighted by Crippen LogP contribution is -2.42. The maximum absolute atomic E-state index is 13.6. The van der Waals surface area contributed by atoms with Gasteiger partial charge in [0.2, 0.25) is 5.95 Å². The summed E-state index contributed by atoms with van der Waals surface area (Å²) in [5.41, 5.74) is 4.95. The van der Waals surface area contributed by atoms with Crippen molar-refractivity contribution in [3.63, 3.8) is 0 Å². The molecular formula is C27H30N6O4. The number of rotatable bonds is 6. The zero-order chi connectivity index (χ0) is 25.9. The van der Waals surface area contributed by atoms with Crippen LogP contribution < -0.4 is 15.4 Å². The Morgan fingerprint density at radius 1 is 1.11 bits per heavy atom. The molecule has 3 aromatic rings. The lowest BCUT2D eigenvalue weighted by Gasteiger charge is -2.29. The minimum atomic E-state index is -0.492. The number of aromatic nitrogens is 3. The van der Waals surface area contributed by atoms with Gasteiger partial charge in [-0.2, -0.15) is 10.1 Å². The average molecular weight is 503 g/mol. The highest BCUT2D eigenvalue weighted by Crippen LogP contribution is 2.36. The summed E-state index contributed by atoms with van der Waals surface area (Å²) in [6.07, 6.45) is 1.46. The van der Waals surface area contributed by atoms with Crippen LogP contribution in [0.15, 0.2) is 60.1 Å². The lowest BCUT2D eigenvalue weighted by molar-refractivity contribution is -0.137. The Balaban J connectivity index is 1.36. The number of amides is 2. The Morgan fingerprint density at radius 2 is 1.86 bits per heavy atom. The number of hydrogen-bond donors (Lipinski definition) is 2. The molecule has 1 fully saturated rings. The molecule has 2 aromatic carbocycles. The van der Waals surface area contributed by atoms with Crippen LogP contribution in [0.4, 0.5) is 11.6 Å². The van der Waals surface area contributed by atoms with Crippen molar-refractivity contribution in [3.05, 3.63) is 76.8 Å². The molecular weight excluding hydrogens is 472 g/mol. The van der Waals surface area contributed by atoms with E-state index >= 15 is 0 Å². The van der Waals surface area contributed by atoms with Gasteiger partial charge in [-0.25, -0.2) is 4.68 Å². The quantitative estimate of drug-likeness (QED) is 0.533. The largest absolute Gasteiger partial charge is 0.484 e. The number of benzene rings is 2. The molecule has 0 saturated carbocycles. The van der Waals surface area contributed by atoms with Gasteiger partial charge in [0, 0.05) is 24.5 Å². The van der Waals surface area contributed by atoms with Crippen molar-refractivity contribution in [1.82, 2.24) is 19.7 Å². The van der Waals surface area contributed by atoms with Crippen molar-refractivity contribution in [1.29, 1.82) is 0 Å². The predicted molar refractivity (Wildman–Crippen MR) is 138 cm³/mol. The van der Waals surface area contributed by atoms with Crippen molar-refractivity contribution >= 4 is 23.5 Å². The van der Waals surface area contributed by atoms with Gasteiger partial charge in [0.15, 0.2) is 6.61 Å². The molecule has 0 radical (unpaired) electrons. The summed E-state index contributed by atoms with van der Waals surface area (Å²) in [7, 11) is 0. The van der Waals surface area contributed by atoms with Crippen molar-refractivity contribution in [2.24, 2.45) is 0 Å². The number of nitrogens with zero attached hydrogens (tertiary/aromatic N) is 4. The highest BCUT2D eigenvalue weighted by Gasteiger charge is 2.33. The van der Waals surface area contributed by atoms with Crippen molar-refractivity contribution in [2.45, 2.75) is 26.8 Å². The third-order valence-electron chi connectivity index (χ3n) is 6.59. The van der Waals surface area contributed by atoms with Gasteiger partial charge >= 0.3 is 0 Å². The molecule has 1 saturated heterocycles. The van der Waals surface area contributed by atoms with E-state index in [1.807, 2.05) is 51.1 Å². The van der Waals surface area contributed by atoms with Gasteiger partial charge in [0.25, 0.3) is 11.8 Å². The molecule has 2 aliphatic heterocycles. The molecule has 2 N–H and O–H groups in total. The molecule has 192 valence electrons. The number of allylic oxidation sites excluding steroid dienone is 1. The molecule has 37 heavy (non-hydrogen) atoms. The third-order valence-corrected chi connectivity index (χ3v) is 6.59. The summed E-state index contributed by atoms with van der Waals surface area (Å²) in [5.74, 6) is 0.837. The van der Waals surface area contributed by atoms with Gasteiger partial charge in [-0.15, -0.1) is 0 Å². The number of morpholine rings is 1. The SMILES string of the molecule is CC1=C(C(=O)Nc2ccc(C)cc2C)C(c2ccc(OCC(=O)N3CCOCC3)cc2)n2ncnc2N1. The second-order valence-corrected chi connectivity index (χ2v) is 9.22. The topological polar surface area (TPSA) is 111 Å². The number of anilines is 2. The number of fused-ring (bicyclic) bond motifs is 1. The Morgan fingerprint density at radius 3 is 2.59 bits per heavy atom. The van der Waals surface area contributed by atoms with Crippen LogP contribution in [0.5, 0.6) is 5.75 Å². The molecule has 3 heterocycles. The minimum absolute atomic E-state index is 0.0392. The number of nitrogens with one attached hydrogen (secondary N) is 2. The summed E-state index contributed by atoms with van der Waals surface area (Å²) in [4.78, 5) is 32.0. The van der Waals surface area contributed by atoms with Crippen LogP contribution in [0.2, 0.25) is 0 Å². The zero-order valence-electron chi connectivity index (χ0n) is 21.2. The standard InChI is InChI=1S/C27H30N6O4/c1-17-4-9-22(18(2)14-17)31-26(35)24-19(3)30-27-28-16-29-33(27)25(24)20-5-7-21(8-6-20)37-15-23(34)32-10-12-36-13-11-32/h4-9,14,16,25H,10-13,15H2,1-3H3,(H,31,35)(H,28,29,30). The zero-order valence-corrected chi connectivity index (χ0v) is 21.2. The van der Waals surface area contributed by atoms with E-state index in [1.165, 1.54) is 6.33 Å². The summed E-state index contributed by atoms with van der Waals surface area (Å²) in [6, 6.07) is 12.8. The molecule has 1 atom stereocenters. The van der Waals surface area contributed by atoms with E-state index < -0.39 is 6.04 Å². The van der Waals surface area contributed by atoms with E-state index in [0.717, 1.165) is 22.4 Å². The highest BCUT2D eigenvalue weighted by molar-refractivity contribution is 6.06. The molecule has 10 nitrogen and oxygen atoms in total. The van der Waals surface area contributed by atoms with Gasteiger partial charge in [0.05, 0.1) is 18.8 Å². The smallest absolute Gasteiger partial charge is 0.260 e. The van der Waals surface area contributed by atoms with E-state index in [9.17, 15) is 9.59 Å². The fourth-order valence-electron chi connectivity index (χ4n) is 4.63. The average Bonchev–Trinajstić information content (AvgIpc) is 3.37. The van der Waals surface area contributed by atoms with E-state index in [4.69, 9.17) is 9.47 Å². The van der Waals surface area contributed by atoms with Gasteiger partial charge in [-0.1, -0.05) is 29.8 Å². The maximum atomic E-state index is 13.6. The molecule has 0 spiro atoms. The van der Waals surface area contributed by atoms with Crippen LogP contribution in [-0.4, -0.2) is 64.4 Å². The Bertz CT molecular complexity index is 1340. The van der Waals surface area contributed by atoms with Crippen LogP contribution in [0.25, 0.3) is 0 Å². The normalized spacial score (nSPS) is 17.2. The molecule has 1 unspecified atom stereocenters. The van der Waals surface area contributed by atoms with E-state index in [2.05, 4.69) is 20.7 Å². The van der Waals surface area contributed by atoms with Gasteiger partial charge in [0.1, 0.15) is 18.1 Å². The van der Waals surface area contributed by atoms with Crippen LogP contribution in [0, 0.1) is 13.8 Å². The fourth-order valence-corrected chi connectivity index (χ4v) is 4.63. The number of carbonyl (C=O) groups is 2. The van der Waals surface area contributed by atoms with Gasteiger partial charge in [-0.05, 0) is 50.1 Å². The lowest BCUT2D eigenvalue weighted by atomic mass is 9.94. The second kappa shape index (κ2) is 10.4. The Kier molecular flexibility index (Phi) is 6.91. The first kappa shape index (κ1) is 24.5. The predicted octanol–water partition coefficient (Wildman–Crippen LogP) is 3.06. The molecule has 5 rings (SSSR count). The molecule has 0 bridgehead atoms. The van der Waals surface area contributed by atoms with Gasteiger partial charge in [-0.3, -0.25) is 9.59 Å². The second-order valence-electron chi connectivity index (χ2n) is 9.22. The third kappa shape index (κ3) is 5.19. The monoisotopic (exact) mass is 502 g/mol. The molecule has 2 amide bonds. The first-order valence-corrected chi connectivity index (χ1v) is 12.2. The van der Waals surface area contributed by atoms with Crippen molar-refractivity contribution < 1.29 is 19.1 Å². The Hall–Kier alpha value is -4.18. The minimum Gasteiger partial charge on any atom is -0.484 e. The molecule has 10 heteroatoms. The maximum Gasteiger partial charge on any atom is 0.260 e. The van der Waals surface area contributed by atoms with Gasteiger partial charge < -0.3 is 25.0 Å². The number of hydrogen-bond acceptors (Lipinski definition) is 7. The summed E-state index contributed by atoms with van der Waals surface area (Å²) >= 11 is 0. The van der Waals surface area contributed by atoms with Crippen LogP contribution in [0.3, 0.4) is 0 Å². The molecule has 2 aliphatic rings. The number of ether oxygens (including phenoxy) is 2. The van der Waals surface area contributed by atoms with Crippen LogP contribution in [0.1, 0.15) is 29.7 Å². The van der Waals surface area contributed by atoms with E-state index in [-0.39, 0.29) is 18.4 Å².